The predicted octanol–water partition coefficient (Wildman–Crippen LogP) is 2.04. The summed E-state index contributed by atoms with van der Waals surface area (Å²) in [6.45, 7) is 6.17. The zero-order valence-corrected chi connectivity index (χ0v) is 15.0. The Kier molecular flexibility index (Phi) is 4.40. The number of carbonyl (C=O) groups is 2. The number of para-hydroxylation sites is 1. The van der Waals surface area contributed by atoms with Crippen LogP contribution in [-0.4, -0.2) is 60.4 Å². The lowest BCUT2D eigenvalue weighted by atomic mass is 10.1. The third-order valence-corrected chi connectivity index (χ3v) is 5.76. The van der Waals surface area contributed by atoms with Crippen molar-refractivity contribution in [2.75, 3.05) is 37.6 Å². The molecule has 3 aliphatic rings. The molecule has 2 heterocycles. The summed E-state index contributed by atoms with van der Waals surface area (Å²) in [5.74, 6) is 0.235. The van der Waals surface area contributed by atoms with Crippen LogP contribution in [0.15, 0.2) is 24.3 Å². The molecule has 3 fully saturated rings. The fourth-order valence-electron chi connectivity index (χ4n) is 4.19. The molecule has 5 heteroatoms. The highest BCUT2D eigenvalue weighted by Crippen LogP contribution is 2.33. The molecule has 0 bridgehead atoms. The number of carbonyl (C=O) groups excluding carboxylic acids is 2. The summed E-state index contributed by atoms with van der Waals surface area (Å²) in [6, 6.07) is 8.86. The van der Waals surface area contributed by atoms with Crippen molar-refractivity contribution in [2.24, 2.45) is 5.92 Å². The molecule has 2 amide bonds. The molecule has 0 aromatic heterocycles. The Morgan fingerprint density at radius 3 is 2.64 bits per heavy atom. The van der Waals surface area contributed by atoms with Gasteiger partial charge in [-0.1, -0.05) is 18.2 Å². The molecule has 4 rings (SSSR count). The van der Waals surface area contributed by atoms with E-state index < -0.39 is 0 Å². The van der Waals surface area contributed by atoms with Crippen LogP contribution < -0.4 is 4.90 Å². The molecular formula is C20H27N3O2. The quantitative estimate of drug-likeness (QED) is 0.845. The average Bonchev–Trinajstić information content (AvgIpc) is 3.41. The highest BCUT2D eigenvalue weighted by Gasteiger charge is 2.42. The number of hydrogen-bond acceptors (Lipinski definition) is 3. The van der Waals surface area contributed by atoms with Gasteiger partial charge in [0.2, 0.25) is 11.8 Å². The second-order valence-electron chi connectivity index (χ2n) is 7.63. The molecule has 0 spiro atoms. The second-order valence-corrected chi connectivity index (χ2v) is 7.63. The van der Waals surface area contributed by atoms with Crippen molar-refractivity contribution in [1.29, 1.82) is 0 Å². The minimum Gasteiger partial charge on any atom is -0.369 e. The maximum atomic E-state index is 12.9. The number of benzene rings is 1. The largest absolute Gasteiger partial charge is 0.369 e. The third kappa shape index (κ3) is 3.37. The standard InChI is InChI=1S/C20H27N3O2/c1-15-5-2-3-6-18(15)21-9-4-10-22(12-11-21)20(25)16-13-19(24)23(14-16)17-7-8-17/h2-3,5-6,16-17H,4,7-14H2,1H3/t16-/m1/s1. The van der Waals surface area contributed by atoms with Crippen LogP contribution in [0.4, 0.5) is 5.69 Å². The summed E-state index contributed by atoms with van der Waals surface area (Å²) >= 11 is 0. The number of likely N-dealkylation sites (tertiary alicyclic amines) is 1. The zero-order chi connectivity index (χ0) is 17.4. The molecule has 1 saturated carbocycles. The van der Waals surface area contributed by atoms with E-state index in [1.54, 1.807) is 0 Å². The van der Waals surface area contributed by atoms with Gasteiger partial charge < -0.3 is 14.7 Å². The van der Waals surface area contributed by atoms with Crippen molar-refractivity contribution in [3.8, 4) is 0 Å². The Morgan fingerprint density at radius 1 is 1.08 bits per heavy atom. The molecule has 0 N–H and O–H groups in total. The molecule has 1 aromatic rings. The van der Waals surface area contributed by atoms with Crippen LogP contribution in [0.1, 0.15) is 31.2 Å². The van der Waals surface area contributed by atoms with E-state index in [0.29, 0.717) is 19.0 Å². The number of anilines is 1. The molecular weight excluding hydrogens is 314 g/mol. The van der Waals surface area contributed by atoms with Crippen LogP contribution >= 0.6 is 0 Å². The first-order valence-corrected chi connectivity index (χ1v) is 9.52. The maximum absolute atomic E-state index is 12.9. The number of hydrogen-bond donors (Lipinski definition) is 0. The molecule has 2 saturated heterocycles. The first kappa shape index (κ1) is 16.4. The van der Waals surface area contributed by atoms with Crippen molar-refractivity contribution in [2.45, 2.75) is 38.6 Å². The Bertz CT molecular complexity index is 671. The van der Waals surface area contributed by atoms with Crippen molar-refractivity contribution in [3.05, 3.63) is 29.8 Å². The van der Waals surface area contributed by atoms with Gasteiger partial charge in [0.25, 0.3) is 0 Å². The topological polar surface area (TPSA) is 43.9 Å². The second kappa shape index (κ2) is 6.70. The molecule has 2 aliphatic heterocycles. The molecule has 1 aromatic carbocycles. The minimum atomic E-state index is -0.127. The van der Waals surface area contributed by atoms with Gasteiger partial charge >= 0.3 is 0 Å². The van der Waals surface area contributed by atoms with E-state index >= 15 is 0 Å². The highest BCUT2D eigenvalue weighted by atomic mass is 16.2. The van der Waals surface area contributed by atoms with Crippen LogP contribution in [-0.2, 0) is 9.59 Å². The van der Waals surface area contributed by atoms with Gasteiger partial charge in [-0.15, -0.1) is 0 Å². The van der Waals surface area contributed by atoms with E-state index in [2.05, 4.69) is 36.1 Å². The summed E-state index contributed by atoms with van der Waals surface area (Å²) < 4.78 is 0. The monoisotopic (exact) mass is 341 g/mol. The van der Waals surface area contributed by atoms with E-state index in [4.69, 9.17) is 0 Å². The minimum absolute atomic E-state index is 0.127. The summed E-state index contributed by atoms with van der Waals surface area (Å²) in [6.07, 6.45) is 3.62. The Balaban J connectivity index is 1.38. The highest BCUT2D eigenvalue weighted by molar-refractivity contribution is 5.89. The smallest absolute Gasteiger partial charge is 0.228 e. The van der Waals surface area contributed by atoms with E-state index in [9.17, 15) is 9.59 Å². The van der Waals surface area contributed by atoms with Crippen molar-refractivity contribution in [1.82, 2.24) is 9.80 Å². The van der Waals surface area contributed by atoms with Gasteiger partial charge in [-0.25, -0.2) is 0 Å². The Morgan fingerprint density at radius 2 is 1.88 bits per heavy atom. The van der Waals surface area contributed by atoms with Crippen LogP contribution in [0.25, 0.3) is 0 Å². The number of nitrogens with zero attached hydrogens (tertiary/aromatic N) is 3. The molecule has 1 aliphatic carbocycles. The van der Waals surface area contributed by atoms with Gasteiger partial charge in [-0.3, -0.25) is 9.59 Å². The fourth-order valence-corrected chi connectivity index (χ4v) is 4.19. The first-order valence-electron chi connectivity index (χ1n) is 9.52. The SMILES string of the molecule is Cc1ccccc1N1CCCN(C(=O)[C@@H]2CC(=O)N(C3CC3)C2)CC1. The summed E-state index contributed by atoms with van der Waals surface area (Å²) in [4.78, 5) is 31.4. The van der Waals surface area contributed by atoms with Crippen molar-refractivity contribution in [3.63, 3.8) is 0 Å². The van der Waals surface area contributed by atoms with Gasteiger partial charge in [0.05, 0.1) is 5.92 Å². The van der Waals surface area contributed by atoms with E-state index in [1.165, 1.54) is 11.3 Å². The average molecular weight is 341 g/mol. The van der Waals surface area contributed by atoms with Crippen molar-refractivity contribution < 1.29 is 9.59 Å². The zero-order valence-electron chi connectivity index (χ0n) is 15.0. The Hall–Kier alpha value is -2.04. The van der Waals surface area contributed by atoms with Crippen LogP contribution in [0.5, 0.6) is 0 Å². The van der Waals surface area contributed by atoms with Gasteiger partial charge in [0.1, 0.15) is 0 Å². The first-order chi connectivity index (χ1) is 12.1. The van der Waals surface area contributed by atoms with Crippen molar-refractivity contribution >= 4 is 17.5 Å². The van der Waals surface area contributed by atoms with Crippen LogP contribution in [0.3, 0.4) is 0 Å². The lowest BCUT2D eigenvalue weighted by Gasteiger charge is -2.26. The summed E-state index contributed by atoms with van der Waals surface area (Å²) in [5, 5.41) is 0. The normalized spacial score (nSPS) is 24.6. The lowest BCUT2D eigenvalue weighted by Crippen LogP contribution is -2.40. The lowest BCUT2D eigenvalue weighted by molar-refractivity contribution is -0.135. The molecule has 0 radical (unpaired) electrons. The maximum Gasteiger partial charge on any atom is 0.228 e. The van der Waals surface area contributed by atoms with Crippen LogP contribution in [0, 0.1) is 12.8 Å². The Labute approximate surface area is 149 Å². The number of rotatable bonds is 3. The molecule has 0 unspecified atom stereocenters. The van der Waals surface area contributed by atoms with E-state index in [0.717, 1.165) is 45.4 Å². The summed E-state index contributed by atoms with van der Waals surface area (Å²) in [5.41, 5.74) is 2.55. The fraction of sp³-hybridized carbons (Fsp3) is 0.600. The van der Waals surface area contributed by atoms with Crippen LogP contribution in [0.2, 0.25) is 0 Å². The predicted molar refractivity (Wildman–Crippen MR) is 97.4 cm³/mol. The number of amides is 2. The van der Waals surface area contributed by atoms with Gasteiger partial charge in [0.15, 0.2) is 0 Å². The van der Waals surface area contributed by atoms with Gasteiger partial charge in [-0.2, -0.15) is 0 Å². The van der Waals surface area contributed by atoms with E-state index in [-0.39, 0.29) is 17.7 Å². The molecule has 25 heavy (non-hydrogen) atoms. The summed E-state index contributed by atoms with van der Waals surface area (Å²) in [7, 11) is 0. The van der Waals surface area contributed by atoms with E-state index in [1.807, 2.05) is 9.80 Å². The van der Waals surface area contributed by atoms with Gasteiger partial charge in [0, 0.05) is 50.9 Å². The number of aryl methyl sites for hydroxylation is 1. The molecule has 5 nitrogen and oxygen atoms in total. The third-order valence-electron chi connectivity index (χ3n) is 5.76. The molecule has 1 atom stereocenters. The molecule has 134 valence electrons. The van der Waals surface area contributed by atoms with Gasteiger partial charge in [-0.05, 0) is 37.8 Å².